The number of rotatable bonds is 37. The summed E-state index contributed by atoms with van der Waals surface area (Å²) in [6.07, 6.45) is 18.8. The number of sulfonamides is 1. The monoisotopic (exact) mass is 2060 g/mol. The number of alkyl halides is 1. The number of hydrogen-bond donors (Lipinski definition) is 9. The molecule has 0 bridgehead atoms. The molecule has 5 atom stereocenters. The third-order valence-electron chi connectivity index (χ3n) is 23.9. The first-order valence-electron chi connectivity index (χ1n) is 46.6. The Morgan fingerprint density at radius 3 is 1.71 bits per heavy atom. The number of likely N-dealkylation sites (N-methyl/N-ethyl adjacent to an activating group) is 1. The number of nitrogens with zero attached hydrogens (tertiary/aromatic N) is 11. The number of anilines is 3. The van der Waals surface area contributed by atoms with Crippen LogP contribution >= 0.6 is 22.6 Å². The minimum atomic E-state index is -3.58. The molecule has 7 aromatic heterocycles. The van der Waals surface area contributed by atoms with Crippen LogP contribution in [0.3, 0.4) is 0 Å². The van der Waals surface area contributed by atoms with Gasteiger partial charge in [-0.1, -0.05) is 180 Å². The Morgan fingerprint density at radius 1 is 0.601 bits per heavy atom. The number of pyridine rings is 6. The number of para-hydroxylation sites is 3. The van der Waals surface area contributed by atoms with Crippen LogP contribution in [-0.4, -0.2) is 186 Å². The van der Waals surface area contributed by atoms with Crippen LogP contribution in [0.15, 0.2) is 325 Å². The highest BCUT2D eigenvalue weighted by molar-refractivity contribution is 14.1. The molecule has 33 heteroatoms. The second-order valence-corrected chi connectivity index (χ2v) is 37.0. The van der Waals surface area contributed by atoms with Crippen LogP contribution in [0.1, 0.15) is 102 Å². The number of aryl methyl sites for hydroxylation is 4. The van der Waals surface area contributed by atoms with Gasteiger partial charge in [0.1, 0.15) is 29.8 Å². The van der Waals surface area contributed by atoms with Gasteiger partial charge >= 0.3 is 11.6 Å². The molecule has 1 saturated heterocycles. The fourth-order valence-corrected chi connectivity index (χ4v) is 18.5. The van der Waals surface area contributed by atoms with Crippen molar-refractivity contribution in [2.75, 3.05) is 87.0 Å². The Morgan fingerprint density at radius 2 is 1.14 bits per heavy atom. The van der Waals surface area contributed by atoms with Gasteiger partial charge in [-0.2, -0.15) is 14.4 Å². The molecule has 1 aliphatic heterocycles. The summed E-state index contributed by atoms with van der Waals surface area (Å²) >= 11 is 1.92. The molecule has 3 amide bonds. The van der Waals surface area contributed by atoms with Gasteiger partial charge in [0.2, 0.25) is 27.7 Å². The molecule has 0 aliphatic carbocycles. The van der Waals surface area contributed by atoms with Crippen LogP contribution in [0.2, 0.25) is 0 Å². The minimum Gasteiger partial charge on any atom is -0.507 e. The highest BCUT2D eigenvalue weighted by atomic mass is 127. The molecule has 8 aromatic carbocycles. The number of aliphatic hydroxyl groups excluding tert-OH is 1. The van der Waals surface area contributed by atoms with Gasteiger partial charge in [-0.05, 0) is 236 Å². The Bertz CT molecular complexity index is 6880. The molecule has 1 aliphatic rings. The lowest BCUT2D eigenvalue weighted by molar-refractivity contribution is -0.147. The molecular formula is C110H120IN17O14S. The van der Waals surface area contributed by atoms with Crippen LogP contribution in [0.25, 0.3) is 27.5 Å². The summed E-state index contributed by atoms with van der Waals surface area (Å²) in [5.41, 5.74) is 22.1. The van der Waals surface area contributed by atoms with Crippen molar-refractivity contribution in [1.29, 1.82) is 0 Å². The third kappa shape index (κ3) is 31.1. The molecule has 0 radical (unpaired) electrons. The molecule has 0 saturated carbocycles. The molecule has 5 unspecified atom stereocenters. The lowest BCUT2D eigenvalue weighted by atomic mass is 9.93. The zero-order valence-electron chi connectivity index (χ0n) is 81.1. The number of hydroxylamine groups is 2. The predicted molar refractivity (Wildman–Crippen MR) is 566 cm³/mol. The number of aliphatic carboxylic acids is 1. The average Bonchev–Trinajstić information content (AvgIpc) is 0.734. The number of carbonyl (C=O) groups is 4. The zero-order valence-corrected chi connectivity index (χ0v) is 84.0. The summed E-state index contributed by atoms with van der Waals surface area (Å²) in [6, 6.07) is 74.1. The number of halogens is 1. The molecule has 742 valence electrons. The summed E-state index contributed by atoms with van der Waals surface area (Å²) in [6.45, 7) is 16.0. The van der Waals surface area contributed by atoms with E-state index in [1.165, 1.54) is 21.1 Å². The van der Waals surface area contributed by atoms with E-state index >= 15 is 0 Å². The van der Waals surface area contributed by atoms with E-state index in [0.29, 0.717) is 71.2 Å². The number of carboxylic acids is 1. The van der Waals surface area contributed by atoms with E-state index in [9.17, 15) is 52.5 Å². The number of aromatic nitrogens is 7. The van der Waals surface area contributed by atoms with E-state index in [2.05, 4.69) is 104 Å². The molecule has 0 spiro atoms. The second-order valence-electron chi connectivity index (χ2n) is 34.3. The number of amides is 3. The number of methoxy groups -OCH3 is 1. The number of piperazine rings is 1. The van der Waals surface area contributed by atoms with Crippen LogP contribution < -0.4 is 53.1 Å². The van der Waals surface area contributed by atoms with E-state index in [4.69, 9.17) is 19.7 Å². The number of carboxylic acid groups (broad SMARTS) is 1. The van der Waals surface area contributed by atoms with Crippen LogP contribution in [0, 0.1) is 34.6 Å². The number of primary amides is 1. The molecular weight excluding hydrogens is 1940 g/mol. The number of carbonyl (C=O) groups excluding carboxylic acids is 3. The number of hydrogen-bond acceptors (Lipinski definition) is 25. The maximum absolute atomic E-state index is 13.1. The Labute approximate surface area is 845 Å². The number of aromatic hydroxyl groups is 1. The molecule has 16 rings (SSSR count). The first-order valence-corrected chi connectivity index (χ1v) is 49.8. The van der Waals surface area contributed by atoms with Gasteiger partial charge in [-0.15, -0.1) is 0 Å². The summed E-state index contributed by atoms with van der Waals surface area (Å²) in [5.74, 6) is -1.73. The normalized spacial score (nSPS) is 13.3. The highest BCUT2D eigenvalue weighted by Crippen LogP contribution is 2.36. The third-order valence-corrected chi connectivity index (χ3v) is 26.4. The Hall–Kier alpha value is -14.8. The van der Waals surface area contributed by atoms with Gasteiger partial charge in [-0.3, -0.25) is 53.5 Å². The minimum absolute atomic E-state index is 0.0614. The van der Waals surface area contributed by atoms with Gasteiger partial charge in [0, 0.05) is 144 Å². The molecule has 10 N–H and O–H groups in total. The van der Waals surface area contributed by atoms with E-state index in [1.54, 1.807) is 141 Å². The van der Waals surface area contributed by atoms with Crippen LogP contribution in [0.4, 0.5) is 17.4 Å². The van der Waals surface area contributed by atoms with Crippen molar-refractivity contribution in [2.45, 2.75) is 110 Å². The SMILES string of the molecule is CN1CCN(S(=O)(=O)Cc2cccnc2)C(C(O)Nc2ccccc2)C1.COc1cccc(CN(C)OCCCNCCN(Cc2cccnc2)c2ccccc2)c1.Cc1cc2c(O)c(C)c(=O)n(-c3ccccc3)c2c(C)c1Cc1cccnc1.Cc1cc2nc(NC(C(=O)O)c3ccccc3)oc(=O)c2c(C)c1Cc1cccnc1.NC(=O)C(Cc1cccnc1)NC(=O)C(NC(=O)CI)c1ccccc1. The first-order chi connectivity index (χ1) is 69.1. The van der Waals surface area contributed by atoms with Crippen molar-refractivity contribution >= 4 is 95.5 Å². The Kier molecular flexibility index (Phi) is 40.2. The van der Waals surface area contributed by atoms with E-state index in [0.717, 1.165) is 118 Å². The van der Waals surface area contributed by atoms with Crippen LogP contribution in [-0.2, 0) is 72.1 Å². The lowest BCUT2D eigenvalue weighted by Crippen LogP contribution is -2.60. The summed E-state index contributed by atoms with van der Waals surface area (Å²) in [4.78, 5) is 109. The number of nitrogens with two attached hydrogens (primary N) is 1. The number of nitrogens with one attached hydrogen (secondary N) is 5. The number of aliphatic hydroxyl groups is 1. The van der Waals surface area contributed by atoms with Gasteiger partial charge in [0.15, 0.2) is 6.04 Å². The number of benzene rings is 8. The summed E-state index contributed by atoms with van der Waals surface area (Å²) in [5, 5.41) is 48.6. The fourth-order valence-electron chi connectivity index (χ4n) is 16.5. The Balaban J connectivity index is 0.000000160. The van der Waals surface area contributed by atoms with Gasteiger partial charge < -0.3 is 66.6 Å². The quantitative estimate of drug-likeness (QED) is 0.00574. The van der Waals surface area contributed by atoms with Gasteiger partial charge in [0.05, 0.1) is 51.9 Å². The van der Waals surface area contributed by atoms with E-state index in [-0.39, 0.29) is 39.8 Å². The second kappa shape index (κ2) is 53.7. The standard InChI is InChI=1S/C26H34N4O2.C24H21N3O4.C24H22N2O2.C18H19IN4O3.C18H24N4O3S/c1-29(21-23-9-6-13-26(19-23)31-2)32-18-8-15-27-16-17-30(25-11-4-3-5-12-25)22-24-10-7-14-28-20-24;1-14-11-19-20(15(2)18(14)12-16-7-6-10-25-13-16)23(30)31-24(26-19)27-21(22(28)29)17-8-4-3-5-9-17;1-15-12-21-22(16(2)20(15)13-18-8-7-11-25-14-18)26(19-9-5-4-6-10-19)24(28)17(3)23(21)27;19-10-15(24)23-16(13-6-2-1-3-7-13)18(26)22-14(17(20)25)9-12-5-4-8-21-11-12;1-21-10-11-22(26(24,25)14-15-6-5-9-19-12-15)17(13-21)18(23)20-16-7-3-2-4-8-16/h3-7,9-14,19-20,27H,8,15-18,21-22H2,1-2H3;3-11,13,21H,12H2,1-2H3,(H,26,27)(H,28,29);4-12,14,27H,13H2,1-3H3;1-8,11,14,16H,9-10H2,(H2,20,25)(H,22,26)(H,23,24);2-9,12,17-18,20,23H,10-11,13-14H2,1H3. The maximum atomic E-state index is 13.1. The molecule has 15 aromatic rings. The molecule has 31 nitrogen and oxygen atoms in total. The summed E-state index contributed by atoms with van der Waals surface area (Å²) in [7, 11) is 1.99. The highest BCUT2D eigenvalue weighted by Gasteiger charge is 2.39. The fraction of sp³-hybridized carbons (Fsp3) is 0.255. The maximum Gasteiger partial charge on any atom is 0.348 e. The summed E-state index contributed by atoms with van der Waals surface area (Å²) < 4.78 is 39.9. The van der Waals surface area contributed by atoms with Crippen molar-refractivity contribution in [3.05, 3.63) is 415 Å². The molecule has 143 heavy (non-hydrogen) atoms. The lowest BCUT2D eigenvalue weighted by Gasteiger charge is -2.41. The number of fused-ring (bicyclic) bond motifs is 2. The van der Waals surface area contributed by atoms with Crippen molar-refractivity contribution in [2.24, 2.45) is 5.73 Å². The van der Waals surface area contributed by atoms with E-state index < -0.39 is 63.8 Å². The van der Waals surface area contributed by atoms with Crippen molar-refractivity contribution < 1.29 is 56.9 Å². The van der Waals surface area contributed by atoms with Gasteiger partial charge in [0.25, 0.3) is 11.6 Å². The first kappa shape index (κ1) is 107. The van der Waals surface area contributed by atoms with Crippen molar-refractivity contribution in [1.82, 2.24) is 64.7 Å². The molecule has 1 fully saturated rings. The largest absolute Gasteiger partial charge is 0.507 e. The van der Waals surface area contributed by atoms with Crippen molar-refractivity contribution in [3.8, 4) is 17.2 Å². The van der Waals surface area contributed by atoms with Crippen LogP contribution in [0.5, 0.6) is 11.5 Å². The average molecular weight is 2060 g/mol. The zero-order chi connectivity index (χ0) is 102. The van der Waals surface area contributed by atoms with E-state index in [1.807, 2.05) is 220 Å². The molecule has 8 heterocycles. The smallest absolute Gasteiger partial charge is 0.348 e. The van der Waals surface area contributed by atoms with Crippen molar-refractivity contribution in [3.63, 3.8) is 0 Å². The predicted octanol–water partition coefficient (Wildman–Crippen LogP) is 14.6. The topological polar surface area (TPSA) is 410 Å². The number of ether oxygens (including phenoxy) is 1. The van der Waals surface area contributed by atoms with Gasteiger partial charge in [-0.25, -0.2) is 18.0 Å².